The van der Waals surface area contributed by atoms with Gasteiger partial charge in [-0.25, -0.2) is 0 Å². The molecule has 0 radical (unpaired) electrons. The highest BCUT2D eigenvalue weighted by Crippen LogP contribution is 2.42. The van der Waals surface area contributed by atoms with Gasteiger partial charge in [0.25, 0.3) is 0 Å². The Morgan fingerprint density at radius 1 is 0.688 bits per heavy atom. The van der Waals surface area contributed by atoms with Crippen molar-refractivity contribution in [2.75, 3.05) is 0 Å². The molecule has 2 saturated carbocycles. The van der Waals surface area contributed by atoms with Crippen LogP contribution in [0.25, 0.3) is 0 Å². The molecule has 3 atom stereocenters. The molecule has 3 fully saturated rings. The minimum absolute atomic E-state index is 0.212. The van der Waals surface area contributed by atoms with E-state index in [9.17, 15) is 0 Å². The number of hydrogen-bond acceptors (Lipinski definition) is 3. The van der Waals surface area contributed by atoms with Crippen LogP contribution in [-0.2, 0) is 20.7 Å². The van der Waals surface area contributed by atoms with Crippen LogP contribution in [0.4, 0.5) is 0 Å². The summed E-state index contributed by atoms with van der Waals surface area (Å²) in [5.74, 6) is 1.26. The standard InChI is InChI=1S/C28H37BO3/c1-5-13-22(14-6-1)21-30-28(25-19-11-4-12-20-25)29-31-26(23-15-7-2-8-16-23)27(32-29)24-17-9-3-10-18-24/h1,4-6,11-14,19-20,23-24,26-28H,2-3,7-10,15-18,21H2/t26-,27-,28+/m1/s1. The first-order chi connectivity index (χ1) is 15.9. The van der Waals surface area contributed by atoms with E-state index in [4.69, 9.17) is 14.0 Å². The molecule has 4 heteroatoms. The second-order valence-electron chi connectivity index (χ2n) is 9.99. The monoisotopic (exact) mass is 432 g/mol. The van der Waals surface area contributed by atoms with Crippen molar-refractivity contribution in [3.05, 3.63) is 71.8 Å². The van der Waals surface area contributed by atoms with Gasteiger partial charge in [-0.2, -0.15) is 0 Å². The molecule has 2 aliphatic carbocycles. The van der Waals surface area contributed by atoms with Crippen LogP contribution in [0.1, 0.15) is 81.3 Å². The summed E-state index contributed by atoms with van der Waals surface area (Å²) in [4.78, 5) is 0. The second kappa shape index (κ2) is 11.0. The number of benzene rings is 2. The van der Waals surface area contributed by atoms with Crippen molar-refractivity contribution in [3.63, 3.8) is 0 Å². The fraction of sp³-hybridized carbons (Fsp3) is 0.571. The highest BCUT2D eigenvalue weighted by Gasteiger charge is 2.50. The van der Waals surface area contributed by atoms with E-state index in [0.29, 0.717) is 18.4 Å². The third-order valence-electron chi connectivity index (χ3n) is 7.78. The van der Waals surface area contributed by atoms with Crippen LogP contribution in [0, 0.1) is 11.8 Å². The molecule has 0 spiro atoms. The van der Waals surface area contributed by atoms with E-state index >= 15 is 0 Å². The molecular formula is C28H37BO3. The van der Waals surface area contributed by atoms with E-state index in [1.165, 1.54) is 69.8 Å². The van der Waals surface area contributed by atoms with Gasteiger partial charge in [0, 0.05) is 0 Å². The van der Waals surface area contributed by atoms with Gasteiger partial charge in [-0.05, 0) is 48.6 Å². The Bertz CT molecular complexity index is 776. The summed E-state index contributed by atoms with van der Waals surface area (Å²) >= 11 is 0. The zero-order chi connectivity index (χ0) is 21.6. The minimum atomic E-state index is -0.333. The Balaban J connectivity index is 1.37. The van der Waals surface area contributed by atoms with Gasteiger partial charge in [-0.15, -0.1) is 0 Å². The van der Waals surface area contributed by atoms with Gasteiger partial charge in [0.15, 0.2) is 0 Å². The average molecular weight is 432 g/mol. The van der Waals surface area contributed by atoms with Crippen molar-refractivity contribution in [1.82, 2.24) is 0 Å². The van der Waals surface area contributed by atoms with Gasteiger partial charge in [0.05, 0.1) is 18.8 Å². The number of rotatable bonds is 7. The first-order valence-corrected chi connectivity index (χ1v) is 12.9. The lowest BCUT2D eigenvalue weighted by molar-refractivity contribution is 0.0324. The molecule has 3 nitrogen and oxygen atoms in total. The van der Waals surface area contributed by atoms with E-state index in [0.717, 1.165) is 5.56 Å². The molecule has 1 saturated heterocycles. The summed E-state index contributed by atoms with van der Waals surface area (Å²) in [5.41, 5.74) is 2.32. The molecule has 0 amide bonds. The lowest BCUT2D eigenvalue weighted by atomic mass is 9.76. The third kappa shape index (κ3) is 5.30. The molecule has 0 N–H and O–H groups in total. The SMILES string of the molecule is c1ccc(CO[C@H](B2O[C@H](C3CCCCC3)[C@@H](C3CCCCC3)O2)c2ccccc2)cc1. The summed E-state index contributed by atoms with van der Waals surface area (Å²) in [5, 5.41) is 0. The van der Waals surface area contributed by atoms with E-state index in [-0.39, 0.29) is 25.3 Å². The molecule has 170 valence electrons. The van der Waals surface area contributed by atoms with Crippen molar-refractivity contribution in [1.29, 1.82) is 0 Å². The summed E-state index contributed by atoms with van der Waals surface area (Å²) in [6.45, 7) is 0.561. The van der Waals surface area contributed by atoms with Crippen LogP contribution < -0.4 is 0 Å². The summed E-state index contributed by atoms with van der Waals surface area (Å²) in [7, 11) is -0.333. The second-order valence-corrected chi connectivity index (χ2v) is 9.99. The van der Waals surface area contributed by atoms with Gasteiger partial charge in [0.1, 0.15) is 6.00 Å². The molecule has 2 aromatic rings. The Morgan fingerprint density at radius 3 is 1.72 bits per heavy atom. The van der Waals surface area contributed by atoms with Crippen LogP contribution in [0.2, 0.25) is 0 Å². The van der Waals surface area contributed by atoms with Crippen LogP contribution in [0.5, 0.6) is 0 Å². The zero-order valence-corrected chi connectivity index (χ0v) is 19.2. The fourth-order valence-electron chi connectivity index (χ4n) is 6.06. The number of hydrogen-bond donors (Lipinski definition) is 0. The Morgan fingerprint density at radius 2 is 1.19 bits per heavy atom. The molecular weight excluding hydrogens is 395 g/mol. The largest absolute Gasteiger partial charge is 0.493 e. The lowest BCUT2D eigenvalue weighted by Gasteiger charge is -2.35. The first kappa shape index (κ1) is 22.2. The van der Waals surface area contributed by atoms with Crippen LogP contribution >= 0.6 is 0 Å². The Kier molecular flexibility index (Phi) is 7.63. The number of ether oxygens (including phenoxy) is 1. The predicted molar refractivity (Wildman–Crippen MR) is 129 cm³/mol. The molecule has 1 aliphatic heterocycles. The van der Waals surface area contributed by atoms with Crippen molar-refractivity contribution in [2.45, 2.75) is 89.0 Å². The molecule has 1 heterocycles. The zero-order valence-electron chi connectivity index (χ0n) is 19.2. The highest BCUT2D eigenvalue weighted by atomic mass is 16.7. The van der Waals surface area contributed by atoms with Gasteiger partial charge in [-0.3, -0.25) is 0 Å². The van der Waals surface area contributed by atoms with Crippen molar-refractivity contribution < 1.29 is 14.0 Å². The lowest BCUT2D eigenvalue weighted by Crippen LogP contribution is -2.38. The maximum absolute atomic E-state index is 6.82. The molecule has 0 aromatic heterocycles. The quantitative estimate of drug-likeness (QED) is 0.445. The maximum atomic E-state index is 6.82. The van der Waals surface area contributed by atoms with Crippen LogP contribution in [0.15, 0.2) is 60.7 Å². The van der Waals surface area contributed by atoms with Gasteiger partial charge in [0.2, 0.25) is 0 Å². The van der Waals surface area contributed by atoms with Crippen molar-refractivity contribution in [2.24, 2.45) is 11.8 Å². The molecule has 2 aromatic carbocycles. The predicted octanol–water partition coefficient (Wildman–Crippen LogP) is 6.92. The third-order valence-corrected chi connectivity index (χ3v) is 7.78. The normalized spacial score (nSPS) is 26.3. The van der Waals surface area contributed by atoms with Gasteiger partial charge >= 0.3 is 7.12 Å². The minimum Gasteiger partial charge on any atom is -0.403 e. The molecule has 32 heavy (non-hydrogen) atoms. The smallest absolute Gasteiger partial charge is 0.403 e. The highest BCUT2D eigenvalue weighted by molar-refractivity contribution is 6.46. The van der Waals surface area contributed by atoms with E-state index in [1.54, 1.807) is 0 Å². The summed E-state index contributed by atoms with van der Waals surface area (Å²) in [6.07, 6.45) is 13.6. The van der Waals surface area contributed by atoms with E-state index in [1.807, 2.05) is 6.07 Å². The Hall–Kier alpha value is -1.62. The van der Waals surface area contributed by atoms with E-state index < -0.39 is 0 Å². The first-order valence-electron chi connectivity index (χ1n) is 12.9. The topological polar surface area (TPSA) is 27.7 Å². The van der Waals surface area contributed by atoms with Crippen LogP contribution in [-0.4, -0.2) is 19.3 Å². The molecule has 5 rings (SSSR count). The molecule has 0 unspecified atom stereocenters. The fourth-order valence-corrected chi connectivity index (χ4v) is 6.06. The van der Waals surface area contributed by atoms with Crippen molar-refractivity contribution >= 4 is 7.12 Å². The van der Waals surface area contributed by atoms with Crippen LogP contribution in [0.3, 0.4) is 0 Å². The Labute approximate surface area is 194 Å². The molecule has 3 aliphatic rings. The van der Waals surface area contributed by atoms with E-state index in [2.05, 4.69) is 54.6 Å². The summed E-state index contributed by atoms with van der Waals surface area (Å²) < 4.78 is 20.2. The van der Waals surface area contributed by atoms with Gasteiger partial charge < -0.3 is 14.0 Å². The van der Waals surface area contributed by atoms with Crippen molar-refractivity contribution in [3.8, 4) is 0 Å². The molecule has 0 bridgehead atoms. The summed E-state index contributed by atoms with van der Waals surface area (Å²) in [6, 6.07) is 20.7. The average Bonchev–Trinajstić information content (AvgIpc) is 3.32. The maximum Gasteiger partial charge on any atom is 0.493 e. The van der Waals surface area contributed by atoms with Gasteiger partial charge in [-0.1, -0.05) is 99.2 Å².